The van der Waals surface area contributed by atoms with Crippen molar-refractivity contribution in [2.24, 2.45) is 0 Å². The summed E-state index contributed by atoms with van der Waals surface area (Å²) in [6.45, 7) is 7.48. The van der Waals surface area contributed by atoms with Crippen LogP contribution in [0.2, 0.25) is 0 Å². The maximum absolute atomic E-state index is 11.9. The second-order valence-corrected chi connectivity index (χ2v) is 5.00. The Balaban J connectivity index is 1.83. The first-order valence-electron chi connectivity index (χ1n) is 6.46. The molecule has 0 unspecified atom stereocenters. The Morgan fingerprint density at radius 2 is 2.17 bits per heavy atom. The highest BCUT2D eigenvalue weighted by molar-refractivity contribution is 5.92. The third-order valence-electron chi connectivity index (χ3n) is 3.16. The van der Waals surface area contributed by atoms with E-state index in [1.165, 1.54) is 5.56 Å². The highest BCUT2D eigenvalue weighted by atomic mass is 16.2. The molecule has 4 heteroatoms. The molecular formula is C14H21N3O. The van der Waals surface area contributed by atoms with E-state index in [4.69, 9.17) is 0 Å². The van der Waals surface area contributed by atoms with Crippen LogP contribution < -0.4 is 10.6 Å². The van der Waals surface area contributed by atoms with Crippen LogP contribution in [0.25, 0.3) is 0 Å². The first kappa shape index (κ1) is 13.1. The van der Waals surface area contributed by atoms with E-state index >= 15 is 0 Å². The summed E-state index contributed by atoms with van der Waals surface area (Å²) in [4.78, 5) is 14.1. The molecule has 0 radical (unpaired) electrons. The predicted molar refractivity (Wildman–Crippen MR) is 73.7 cm³/mol. The average Bonchev–Trinajstić information content (AvgIpc) is 2.32. The lowest BCUT2D eigenvalue weighted by Gasteiger charge is -2.31. The highest BCUT2D eigenvalue weighted by Gasteiger charge is 2.17. The summed E-state index contributed by atoms with van der Waals surface area (Å²) in [6, 6.07) is 8.35. The van der Waals surface area contributed by atoms with Crippen LogP contribution in [0, 0.1) is 6.92 Å². The van der Waals surface area contributed by atoms with Crippen molar-refractivity contribution in [3.05, 3.63) is 29.8 Å². The molecule has 0 saturated carbocycles. The first-order chi connectivity index (χ1) is 8.63. The van der Waals surface area contributed by atoms with E-state index in [9.17, 15) is 4.79 Å². The summed E-state index contributed by atoms with van der Waals surface area (Å²) in [5, 5.41) is 6.30. The van der Waals surface area contributed by atoms with Crippen molar-refractivity contribution in [3.8, 4) is 0 Å². The van der Waals surface area contributed by atoms with Gasteiger partial charge in [0.15, 0.2) is 0 Å². The summed E-state index contributed by atoms with van der Waals surface area (Å²) >= 11 is 0. The highest BCUT2D eigenvalue weighted by Crippen LogP contribution is 2.08. The molecule has 2 rings (SSSR count). The van der Waals surface area contributed by atoms with Crippen molar-refractivity contribution < 1.29 is 4.79 Å². The molecule has 1 aliphatic heterocycles. The zero-order chi connectivity index (χ0) is 13.0. The van der Waals surface area contributed by atoms with Gasteiger partial charge in [0.05, 0.1) is 6.54 Å². The molecule has 1 heterocycles. The van der Waals surface area contributed by atoms with Gasteiger partial charge in [0.25, 0.3) is 0 Å². The van der Waals surface area contributed by atoms with Gasteiger partial charge >= 0.3 is 0 Å². The van der Waals surface area contributed by atoms with Crippen LogP contribution >= 0.6 is 0 Å². The number of amides is 1. The number of rotatable bonds is 3. The second kappa shape index (κ2) is 5.98. The Bertz CT molecular complexity index is 402. The van der Waals surface area contributed by atoms with Crippen molar-refractivity contribution in [1.29, 1.82) is 0 Å². The monoisotopic (exact) mass is 247 g/mol. The Morgan fingerprint density at radius 1 is 1.44 bits per heavy atom. The van der Waals surface area contributed by atoms with Crippen molar-refractivity contribution in [3.63, 3.8) is 0 Å². The molecule has 4 nitrogen and oxygen atoms in total. The summed E-state index contributed by atoms with van der Waals surface area (Å²) in [5.41, 5.74) is 2.07. The second-order valence-electron chi connectivity index (χ2n) is 5.00. The van der Waals surface area contributed by atoms with Crippen LogP contribution in [0.1, 0.15) is 12.5 Å². The number of hydrogen-bond donors (Lipinski definition) is 2. The van der Waals surface area contributed by atoms with E-state index in [0.29, 0.717) is 12.6 Å². The molecule has 1 amide bonds. The minimum absolute atomic E-state index is 0.0629. The standard InChI is InChI=1S/C14H21N3O/c1-11-3-5-13(6-4-11)16-14(18)10-17-8-7-15-12(2)9-17/h3-6,12,15H,7-10H2,1-2H3,(H,16,18)/t12-/m0/s1. The molecule has 1 fully saturated rings. The van der Waals surface area contributed by atoms with E-state index in [1.54, 1.807) is 0 Å². The molecule has 0 aromatic heterocycles. The van der Waals surface area contributed by atoms with Gasteiger partial charge in [0.1, 0.15) is 0 Å². The molecule has 0 aliphatic carbocycles. The summed E-state index contributed by atoms with van der Waals surface area (Å²) in [7, 11) is 0. The lowest BCUT2D eigenvalue weighted by atomic mass is 10.2. The third-order valence-corrected chi connectivity index (χ3v) is 3.16. The minimum Gasteiger partial charge on any atom is -0.325 e. The minimum atomic E-state index is 0.0629. The number of carbonyl (C=O) groups is 1. The number of nitrogens with one attached hydrogen (secondary N) is 2. The Morgan fingerprint density at radius 3 is 2.83 bits per heavy atom. The molecule has 1 saturated heterocycles. The molecule has 0 spiro atoms. The number of anilines is 1. The lowest BCUT2D eigenvalue weighted by Crippen LogP contribution is -2.51. The number of carbonyl (C=O) groups excluding carboxylic acids is 1. The summed E-state index contributed by atoms with van der Waals surface area (Å²) in [5.74, 6) is 0.0629. The molecule has 1 aromatic carbocycles. The van der Waals surface area contributed by atoms with E-state index < -0.39 is 0 Å². The fraction of sp³-hybridized carbons (Fsp3) is 0.500. The van der Waals surface area contributed by atoms with Crippen molar-refractivity contribution >= 4 is 11.6 Å². The lowest BCUT2D eigenvalue weighted by molar-refractivity contribution is -0.117. The van der Waals surface area contributed by atoms with Gasteiger partial charge in [0.2, 0.25) is 5.91 Å². The number of hydrogen-bond acceptors (Lipinski definition) is 3. The van der Waals surface area contributed by atoms with E-state index in [0.717, 1.165) is 25.3 Å². The van der Waals surface area contributed by atoms with Gasteiger partial charge in [-0.2, -0.15) is 0 Å². The van der Waals surface area contributed by atoms with Crippen LogP contribution in [-0.4, -0.2) is 43.0 Å². The predicted octanol–water partition coefficient (Wildman–Crippen LogP) is 1.23. The van der Waals surface area contributed by atoms with Gasteiger partial charge in [-0.3, -0.25) is 9.69 Å². The maximum atomic E-state index is 11.9. The Hall–Kier alpha value is -1.39. The van der Waals surface area contributed by atoms with Crippen molar-refractivity contribution in [2.45, 2.75) is 19.9 Å². The summed E-state index contributed by atoms with van der Waals surface area (Å²) < 4.78 is 0. The van der Waals surface area contributed by atoms with Crippen LogP contribution in [0.5, 0.6) is 0 Å². The zero-order valence-corrected chi connectivity index (χ0v) is 11.1. The maximum Gasteiger partial charge on any atom is 0.238 e. The molecule has 98 valence electrons. The molecule has 2 N–H and O–H groups in total. The largest absolute Gasteiger partial charge is 0.325 e. The smallest absolute Gasteiger partial charge is 0.238 e. The van der Waals surface area contributed by atoms with Gasteiger partial charge < -0.3 is 10.6 Å². The Labute approximate surface area is 108 Å². The fourth-order valence-electron chi connectivity index (χ4n) is 2.20. The van der Waals surface area contributed by atoms with Gasteiger partial charge in [-0.25, -0.2) is 0 Å². The quantitative estimate of drug-likeness (QED) is 0.844. The molecule has 18 heavy (non-hydrogen) atoms. The van der Waals surface area contributed by atoms with Gasteiger partial charge in [-0.15, -0.1) is 0 Å². The first-order valence-corrected chi connectivity index (χ1v) is 6.46. The SMILES string of the molecule is Cc1ccc(NC(=O)CN2CCN[C@@H](C)C2)cc1. The van der Waals surface area contributed by atoms with Crippen molar-refractivity contribution in [2.75, 3.05) is 31.5 Å². The molecular weight excluding hydrogens is 226 g/mol. The van der Waals surface area contributed by atoms with Gasteiger partial charge in [-0.1, -0.05) is 17.7 Å². The Kier molecular flexibility index (Phi) is 4.33. The van der Waals surface area contributed by atoms with E-state index in [-0.39, 0.29) is 5.91 Å². The molecule has 0 bridgehead atoms. The van der Waals surface area contributed by atoms with Crippen molar-refractivity contribution in [1.82, 2.24) is 10.2 Å². The zero-order valence-electron chi connectivity index (χ0n) is 11.1. The molecule has 1 atom stereocenters. The fourth-order valence-corrected chi connectivity index (χ4v) is 2.20. The van der Waals surface area contributed by atoms with E-state index in [1.807, 2.05) is 31.2 Å². The number of piperazine rings is 1. The van der Waals surface area contributed by atoms with E-state index in [2.05, 4.69) is 22.5 Å². The number of benzene rings is 1. The topological polar surface area (TPSA) is 44.4 Å². The normalized spacial score (nSPS) is 20.7. The van der Waals surface area contributed by atoms with Crippen LogP contribution in [0.4, 0.5) is 5.69 Å². The van der Waals surface area contributed by atoms with Crippen LogP contribution in [0.15, 0.2) is 24.3 Å². The molecule has 1 aromatic rings. The number of aryl methyl sites for hydroxylation is 1. The van der Waals surface area contributed by atoms with Crippen LogP contribution in [0.3, 0.4) is 0 Å². The number of nitrogens with zero attached hydrogens (tertiary/aromatic N) is 1. The summed E-state index contributed by atoms with van der Waals surface area (Å²) in [6.07, 6.45) is 0. The third kappa shape index (κ3) is 3.82. The van der Waals surface area contributed by atoms with Crippen LogP contribution in [-0.2, 0) is 4.79 Å². The average molecular weight is 247 g/mol. The molecule has 1 aliphatic rings. The van der Waals surface area contributed by atoms with Gasteiger partial charge in [-0.05, 0) is 26.0 Å². The van der Waals surface area contributed by atoms with Gasteiger partial charge in [0, 0.05) is 31.4 Å².